The highest BCUT2D eigenvalue weighted by Gasteiger charge is 2.37. The Hall–Kier alpha value is -3.06. The van der Waals surface area contributed by atoms with E-state index in [1.54, 1.807) is 6.07 Å². The summed E-state index contributed by atoms with van der Waals surface area (Å²) in [4.78, 5) is 0. The van der Waals surface area contributed by atoms with Gasteiger partial charge in [-0.3, -0.25) is 0 Å². The van der Waals surface area contributed by atoms with Crippen molar-refractivity contribution in [1.29, 1.82) is 5.26 Å². The fourth-order valence-electron chi connectivity index (χ4n) is 5.48. The molecule has 1 nitrogen and oxygen atoms in total. The normalized spacial score (nSPS) is 12.9. The lowest BCUT2D eigenvalue weighted by Gasteiger charge is -2.31. The zero-order valence-electron chi connectivity index (χ0n) is 23.3. The van der Waals surface area contributed by atoms with Crippen molar-refractivity contribution in [1.82, 2.24) is 0 Å². The summed E-state index contributed by atoms with van der Waals surface area (Å²) < 4.78 is 41.9. The summed E-state index contributed by atoms with van der Waals surface area (Å²) in [7, 11) is 0. The second-order valence-corrected chi connectivity index (χ2v) is 12.6. The van der Waals surface area contributed by atoms with Gasteiger partial charge in [0.15, 0.2) is 0 Å². The van der Waals surface area contributed by atoms with E-state index in [0.717, 1.165) is 28.7 Å². The molecule has 0 N–H and O–H groups in total. The number of nitriles is 1. The lowest BCUT2D eigenvalue weighted by atomic mass is 9.73. The molecule has 0 atom stereocenters. The van der Waals surface area contributed by atoms with E-state index < -0.39 is 17.2 Å². The van der Waals surface area contributed by atoms with Crippen molar-refractivity contribution < 1.29 is 13.2 Å². The Morgan fingerprint density at radius 1 is 0.649 bits per heavy atom. The monoisotopic (exact) mass is 505 g/mol. The Labute approximate surface area is 220 Å². The quantitative estimate of drug-likeness (QED) is 0.327. The van der Waals surface area contributed by atoms with Crippen LogP contribution in [0.2, 0.25) is 0 Å². The van der Waals surface area contributed by atoms with Crippen LogP contribution in [0, 0.1) is 18.3 Å². The summed E-state index contributed by atoms with van der Waals surface area (Å²) >= 11 is 0. The Kier molecular flexibility index (Phi) is 7.71. The summed E-state index contributed by atoms with van der Waals surface area (Å²) in [5.41, 5.74) is 4.31. The molecular formula is C33H38F3N. The largest absolute Gasteiger partial charge is 0.416 e. The van der Waals surface area contributed by atoms with Crippen molar-refractivity contribution >= 4 is 0 Å². The number of hydrogen-bond donors (Lipinski definition) is 0. The highest BCUT2D eigenvalue weighted by molar-refractivity contribution is 5.45. The molecule has 0 aliphatic heterocycles. The number of alkyl halides is 3. The van der Waals surface area contributed by atoms with Gasteiger partial charge < -0.3 is 0 Å². The second-order valence-electron chi connectivity index (χ2n) is 12.6. The highest BCUT2D eigenvalue weighted by atomic mass is 19.4. The summed E-state index contributed by atoms with van der Waals surface area (Å²) in [5.74, 6) is 0. The van der Waals surface area contributed by atoms with E-state index in [2.05, 4.69) is 58.9 Å². The second kappa shape index (κ2) is 10.0. The lowest BCUT2D eigenvalue weighted by Crippen LogP contribution is -2.25. The van der Waals surface area contributed by atoms with Gasteiger partial charge in [0.25, 0.3) is 0 Å². The molecule has 4 heteroatoms. The first-order chi connectivity index (χ1) is 17.0. The molecule has 0 aliphatic carbocycles. The van der Waals surface area contributed by atoms with Gasteiger partial charge in [0.05, 0.1) is 17.2 Å². The van der Waals surface area contributed by atoms with Gasteiger partial charge >= 0.3 is 6.18 Å². The fourth-order valence-corrected chi connectivity index (χ4v) is 5.48. The van der Waals surface area contributed by atoms with E-state index in [1.165, 1.54) is 6.07 Å². The number of halogens is 3. The molecule has 0 amide bonds. The molecule has 3 aromatic carbocycles. The molecular weight excluding hydrogens is 467 g/mol. The molecule has 3 rings (SSSR count). The topological polar surface area (TPSA) is 23.8 Å². The average Bonchev–Trinajstić information content (AvgIpc) is 2.78. The van der Waals surface area contributed by atoms with Crippen molar-refractivity contribution in [3.63, 3.8) is 0 Å². The summed E-state index contributed by atoms with van der Waals surface area (Å²) in [5, 5.41) is 9.59. The van der Waals surface area contributed by atoms with Gasteiger partial charge in [0, 0.05) is 0 Å². The van der Waals surface area contributed by atoms with Crippen molar-refractivity contribution in [2.75, 3.05) is 0 Å². The number of hydrogen-bond acceptors (Lipinski definition) is 1. The van der Waals surface area contributed by atoms with Crippen LogP contribution in [0.3, 0.4) is 0 Å². The van der Waals surface area contributed by atoms with Gasteiger partial charge in [-0.25, -0.2) is 0 Å². The van der Waals surface area contributed by atoms with Gasteiger partial charge in [-0.15, -0.1) is 0 Å². The molecule has 0 aliphatic rings. The van der Waals surface area contributed by atoms with Crippen LogP contribution in [-0.4, -0.2) is 0 Å². The van der Waals surface area contributed by atoms with Crippen LogP contribution in [0.15, 0.2) is 60.7 Å². The maximum atomic E-state index is 14.0. The zero-order valence-corrected chi connectivity index (χ0v) is 23.3. The van der Waals surface area contributed by atoms with Gasteiger partial charge in [-0.1, -0.05) is 97.0 Å². The maximum absolute atomic E-state index is 14.0. The Balaban J connectivity index is 1.96. The first kappa shape index (κ1) is 28.5. The standard InChI is InChI=1S/C33H38F3N/c1-22-13-14-23(19-31(5,6)26-12-10-9-11-25(26)21-37)17-28(22)32(7,8)20-24-15-16-27(30(2,3)4)29(18-24)33(34,35)36/h9-18H,19-20H2,1-8H3. The molecule has 0 unspecified atom stereocenters. The average molecular weight is 506 g/mol. The SMILES string of the molecule is Cc1ccc(CC(C)(C)c2ccccc2C#N)cc1C(C)(C)Cc1ccc(C(C)(C)C)c(C(F)(F)F)c1. The van der Waals surface area contributed by atoms with Gasteiger partial charge in [0.1, 0.15) is 0 Å². The third-order valence-corrected chi connectivity index (χ3v) is 7.30. The Morgan fingerprint density at radius 3 is 1.70 bits per heavy atom. The van der Waals surface area contributed by atoms with Gasteiger partial charge in [-0.05, 0) is 81.5 Å². The number of aryl methyl sites for hydroxylation is 1. The van der Waals surface area contributed by atoms with Crippen LogP contribution in [0.5, 0.6) is 0 Å². The van der Waals surface area contributed by atoms with E-state index in [1.807, 2.05) is 51.1 Å². The van der Waals surface area contributed by atoms with Crippen LogP contribution in [0.1, 0.15) is 93.0 Å². The Bertz CT molecular complexity index is 1310. The molecule has 0 radical (unpaired) electrons. The van der Waals surface area contributed by atoms with Crippen molar-refractivity contribution in [2.45, 2.75) is 90.7 Å². The third-order valence-electron chi connectivity index (χ3n) is 7.30. The first-order valence-electron chi connectivity index (χ1n) is 12.8. The van der Waals surface area contributed by atoms with Crippen LogP contribution in [0.4, 0.5) is 13.2 Å². The van der Waals surface area contributed by atoms with Crippen LogP contribution < -0.4 is 0 Å². The minimum absolute atomic E-state index is 0.257. The number of benzene rings is 3. The molecule has 0 saturated heterocycles. The van der Waals surface area contributed by atoms with Gasteiger partial charge in [-0.2, -0.15) is 18.4 Å². The van der Waals surface area contributed by atoms with E-state index in [4.69, 9.17) is 0 Å². The van der Waals surface area contributed by atoms with E-state index in [0.29, 0.717) is 23.1 Å². The minimum atomic E-state index is -4.40. The highest BCUT2D eigenvalue weighted by Crippen LogP contribution is 2.40. The van der Waals surface area contributed by atoms with Crippen LogP contribution in [-0.2, 0) is 35.3 Å². The van der Waals surface area contributed by atoms with E-state index in [-0.39, 0.29) is 10.8 Å². The van der Waals surface area contributed by atoms with Crippen molar-refractivity contribution in [3.05, 3.63) is 105 Å². The van der Waals surface area contributed by atoms with Crippen molar-refractivity contribution in [2.24, 2.45) is 0 Å². The van der Waals surface area contributed by atoms with Crippen LogP contribution in [0.25, 0.3) is 0 Å². The summed E-state index contributed by atoms with van der Waals surface area (Å²) in [6.45, 7) is 16.0. The number of nitrogens with zero attached hydrogens (tertiary/aromatic N) is 1. The summed E-state index contributed by atoms with van der Waals surface area (Å²) in [6, 6.07) is 21.2. The fraction of sp³-hybridized carbons (Fsp3) is 0.424. The van der Waals surface area contributed by atoms with E-state index in [9.17, 15) is 18.4 Å². The predicted molar refractivity (Wildman–Crippen MR) is 146 cm³/mol. The first-order valence-corrected chi connectivity index (χ1v) is 12.8. The van der Waals surface area contributed by atoms with E-state index >= 15 is 0 Å². The maximum Gasteiger partial charge on any atom is 0.416 e. The molecule has 0 bridgehead atoms. The molecule has 3 aromatic rings. The minimum Gasteiger partial charge on any atom is -0.192 e. The molecule has 196 valence electrons. The Morgan fingerprint density at radius 2 is 1.16 bits per heavy atom. The molecule has 0 aromatic heterocycles. The molecule has 0 saturated carbocycles. The molecule has 0 fully saturated rings. The molecule has 0 heterocycles. The zero-order chi connectivity index (χ0) is 27.8. The lowest BCUT2D eigenvalue weighted by molar-refractivity contribution is -0.138. The molecule has 37 heavy (non-hydrogen) atoms. The predicted octanol–water partition coefficient (Wildman–Crippen LogP) is 9.22. The summed E-state index contributed by atoms with van der Waals surface area (Å²) in [6.07, 6.45) is -3.16. The van der Waals surface area contributed by atoms with Gasteiger partial charge in [0.2, 0.25) is 0 Å². The number of rotatable bonds is 6. The van der Waals surface area contributed by atoms with Crippen molar-refractivity contribution in [3.8, 4) is 6.07 Å². The third kappa shape index (κ3) is 6.45. The molecule has 0 spiro atoms. The smallest absolute Gasteiger partial charge is 0.192 e. The van der Waals surface area contributed by atoms with Crippen LogP contribution >= 0.6 is 0 Å².